The molecule has 4 aromatic rings. The second-order valence-electron chi connectivity index (χ2n) is 7.24. The Balaban J connectivity index is 1.42. The molecular weight excluding hydrogens is 446 g/mol. The molecule has 7 nitrogen and oxygen atoms in total. The maximum Gasteiger partial charge on any atom is 0.257 e. The van der Waals surface area contributed by atoms with Crippen LogP contribution >= 0.6 is 11.3 Å². The quantitative estimate of drug-likeness (QED) is 0.408. The molecule has 0 bridgehead atoms. The third-order valence-corrected chi connectivity index (χ3v) is 7.00. The van der Waals surface area contributed by atoms with Gasteiger partial charge < -0.3 is 4.42 Å². The normalized spacial score (nSPS) is 11.4. The van der Waals surface area contributed by atoms with Gasteiger partial charge in [0.05, 0.1) is 23.4 Å². The van der Waals surface area contributed by atoms with Gasteiger partial charge in [0.15, 0.2) is 5.13 Å². The molecule has 0 saturated carbocycles. The van der Waals surface area contributed by atoms with E-state index in [1.807, 2.05) is 31.4 Å². The Labute approximate surface area is 190 Å². The summed E-state index contributed by atoms with van der Waals surface area (Å²) in [5.41, 5.74) is 4.44. The molecule has 2 aromatic carbocycles. The first kappa shape index (κ1) is 21.9. The molecule has 2 heterocycles. The predicted molar refractivity (Wildman–Crippen MR) is 124 cm³/mol. The molecule has 0 saturated heterocycles. The van der Waals surface area contributed by atoms with E-state index in [9.17, 15) is 13.2 Å². The number of hydrogen-bond donors (Lipinski definition) is 2. The number of benzene rings is 2. The molecule has 0 aliphatic carbocycles. The van der Waals surface area contributed by atoms with E-state index < -0.39 is 10.0 Å². The van der Waals surface area contributed by atoms with Crippen LogP contribution in [-0.4, -0.2) is 19.3 Å². The number of amides is 1. The van der Waals surface area contributed by atoms with Gasteiger partial charge in [-0.3, -0.25) is 10.1 Å². The summed E-state index contributed by atoms with van der Waals surface area (Å²) in [4.78, 5) is 17.2. The zero-order valence-corrected chi connectivity index (χ0v) is 19.1. The molecule has 0 atom stereocenters. The monoisotopic (exact) mass is 467 g/mol. The Morgan fingerprint density at radius 1 is 1.09 bits per heavy atom. The number of carbonyl (C=O) groups excluding carboxylic acids is 1. The molecule has 0 aliphatic rings. The minimum Gasteiger partial charge on any atom is -0.468 e. The van der Waals surface area contributed by atoms with Gasteiger partial charge in [0.25, 0.3) is 5.91 Å². The van der Waals surface area contributed by atoms with Gasteiger partial charge in [-0.25, -0.2) is 18.1 Å². The van der Waals surface area contributed by atoms with Gasteiger partial charge in [0.1, 0.15) is 5.76 Å². The van der Waals surface area contributed by atoms with E-state index in [2.05, 4.69) is 21.1 Å². The van der Waals surface area contributed by atoms with Crippen LogP contribution in [0.2, 0.25) is 0 Å². The first-order valence-corrected chi connectivity index (χ1v) is 12.1. The highest BCUT2D eigenvalue weighted by Gasteiger charge is 2.16. The second kappa shape index (κ2) is 9.07. The summed E-state index contributed by atoms with van der Waals surface area (Å²) < 4.78 is 32.4. The minimum absolute atomic E-state index is 0.0460. The number of anilines is 1. The van der Waals surface area contributed by atoms with Crippen molar-refractivity contribution in [1.29, 1.82) is 0 Å². The molecule has 0 aliphatic heterocycles. The Bertz CT molecular complexity index is 1340. The molecule has 4 rings (SSSR count). The molecule has 2 N–H and O–H groups in total. The molecule has 0 fully saturated rings. The van der Waals surface area contributed by atoms with E-state index in [1.54, 1.807) is 12.1 Å². The lowest BCUT2D eigenvalue weighted by molar-refractivity contribution is 0.102. The van der Waals surface area contributed by atoms with Gasteiger partial charge in [-0.05, 0) is 55.8 Å². The average Bonchev–Trinajstić information content (AvgIpc) is 3.45. The number of nitrogens with one attached hydrogen (secondary N) is 2. The largest absolute Gasteiger partial charge is 0.468 e. The lowest BCUT2D eigenvalue weighted by Crippen LogP contribution is -2.23. The highest BCUT2D eigenvalue weighted by atomic mass is 32.2. The van der Waals surface area contributed by atoms with Crippen LogP contribution in [0.5, 0.6) is 0 Å². The Hall–Kier alpha value is -3.27. The van der Waals surface area contributed by atoms with Gasteiger partial charge in [-0.2, -0.15) is 0 Å². The van der Waals surface area contributed by atoms with Crippen LogP contribution < -0.4 is 10.0 Å². The van der Waals surface area contributed by atoms with Crippen molar-refractivity contribution in [2.45, 2.75) is 25.3 Å². The van der Waals surface area contributed by atoms with Crippen LogP contribution in [0.25, 0.3) is 11.3 Å². The molecule has 0 radical (unpaired) electrons. The average molecular weight is 468 g/mol. The Kier molecular flexibility index (Phi) is 6.22. The lowest BCUT2D eigenvalue weighted by atomic mass is 10.0. The molecule has 0 unspecified atom stereocenters. The van der Waals surface area contributed by atoms with E-state index in [4.69, 9.17) is 4.42 Å². The topological polar surface area (TPSA) is 101 Å². The summed E-state index contributed by atoms with van der Waals surface area (Å²) in [5, 5.41) is 5.14. The van der Waals surface area contributed by atoms with Gasteiger partial charge >= 0.3 is 0 Å². The van der Waals surface area contributed by atoms with Gasteiger partial charge in [-0.15, -0.1) is 11.3 Å². The maximum absolute atomic E-state index is 12.6. The molecule has 9 heteroatoms. The zero-order chi connectivity index (χ0) is 22.7. The number of aryl methyl sites for hydroxylation is 2. The fourth-order valence-electron chi connectivity index (χ4n) is 3.17. The van der Waals surface area contributed by atoms with Gasteiger partial charge in [0.2, 0.25) is 10.0 Å². The number of hydrogen-bond acceptors (Lipinski definition) is 6. The third-order valence-electron chi connectivity index (χ3n) is 4.83. The molecule has 1 amide bonds. The van der Waals surface area contributed by atoms with Crippen LogP contribution in [-0.2, 0) is 16.6 Å². The van der Waals surface area contributed by atoms with Gasteiger partial charge in [-0.1, -0.05) is 23.8 Å². The molecule has 2 aromatic heterocycles. The summed E-state index contributed by atoms with van der Waals surface area (Å²) in [6.07, 6.45) is 1.48. The van der Waals surface area contributed by atoms with Crippen molar-refractivity contribution in [3.05, 3.63) is 88.7 Å². The SMILES string of the molecule is Cc1ccc(-c2csc(NC(=O)c3ccc(S(=O)(=O)NCc4ccco4)cc3)n2)c(C)c1. The van der Waals surface area contributed by atoms with Crippen LogP contribution in [0.4, 0.5) is 5.13 Å². The van der Waals surface area contributed by atoms with E-state index in [-0.39, 0.29) is 17.3 Å². The molecule has 0 spiro atoms. The summed E-state index contributed by atoms with van der Waals surface area (Å²) in [5.74, 6) is 0.146. The van der Waals surface area contributed by atoms with Crippen LogP contribution in [0.3, 0.4) is 0 Å². The maximum atomic E-state index is 12.6. The van der Waals surface area contributed by atoms with Gasteiger partial charge in [0, 0.05) is 16.5 Å². The highest BCUT2D eigenvalue weighted by molar-refractivity contribution is 7.89. The number of thiazole rings is 1. The van der Waals surface area contributed by atoms with E-state index in [0.717, 1.165) is 16.8 Å². The summed E-state index contributed by atoms with van der Waals surface area (Å²) in [6.45, 7) is 4.11. The van der Waals surface area contributed by atoms with Crippen molar-refractivity contribution in [2.75, 3.05) is 5.32 Å². The van der Waals surface area contributed by atoms with Crippen molar-refractivity contribution < 1.29 is 17.6 Å². The first-order valence-electron chi connectivity index (χ1n) is 9.78. The Morgan fingerprint density at radius 3 is 2.56 bits per heavy atom. The molecule has 164 valence electrons. The minimum atomic E-state index is -3.72. The van der Waals surface area contributed by atoms with Crippen molar-refractivity contribution in [3.8, 4) is 11.3 Å². The second-order valence-corrected chi connectivity index (χ2v) is 9.86. The third kappa shape index (κ3) is 4.96. The molecule has 32 heavy (non-hydrogen) atoms. The van der Waals surface area contributed by atoms with Crippen molar-refractivity contribution >= 4 is 32.4 Å². The predicted octanol–water partition coefficient (Wildman–Crippen LogP) is 4.75. The van der Waals surface area contributed by atoms with E-state index in [1.165, 1.54) is 47.4 Å². The summed E-state index contributed by atoms with van der Waals surface area (Å²) >= 11 is 1.34. The number of aromatic nitrogens is 1. The lowest BCUT2D eigenvalue weighted by Gasteiger charge is -2.07. The summed E-state index contributed by atoms with van der Waals surface area (Å²) in [6, 6.07) is 15.2. The van der Waals surface area contributed by atoms with Crippen molar-refractivity contribution in [2.24, 2.45) is 0 Å². The van der Waals surface area contributed by atoms with E-state index in [0.29, 0.717) is 16.5 Å². The number of carbonyl (C=O) groups is 1. The highest BCUT2D eigenvalue weighted by Crippen LogP contribution is 2.28. The van der Waals surface area contributed by atoms with E-state index >= 15 is 0 Å². The number of sulfonamides is 1. The van der Waals surface area contributed by atoms with Crippen molar-refractivity contribution in [1.82, 2.24) is 9.71 Å². The molecular formula is C23H21N3O4S2. The fraction of sp³-hybridized carbons (Fsp3) is 0.130. The Morgan fingerprint density at radius 2 is 1.88 bits per heavy atom. The van der Waals surface area contributed by atoms with Crippen LogP contribution in [0.15, 0.2) is 75.6 Å². The first-order chi connectivity index (χ1) is 15.3. The smallest absolute Gasteiger partial charge is 0.257 e. The number of nitrogens with zero attached hydrogens (tertiary/aromatic N) is 1. The van der Waals surface area contributed by atoms with Crippen LogP contribution in [0, 0.1) is 13.8 Å². The standard InChI is InChI=1S/C23H21N3O4S2/c1-15-5-10-20(16(2)12-15)21-14-31-23(25-21)26-22(27)17-6-8-19(9-7-17)32(28,29)24-13-18-4-3-11-30-18/h3-12,14,24H,13H2,1-2H3,(H,25,26,27). The number of furan rings is 1. The summed E-state index contributed by atoms with van der Waals surface area (Å²) in [7, 11) is -3.72. The number of rotatable bonds is 7. The van der Waals surface area contributed by atoms with Crippen molar-refractivity contribution in [3.63, 3.8) is 0 Å². The van der Waals surface area contributed by atoms with Crippen LogP contribution in [0.1, 0.15) is 27.2 Å². The zero-order valence-electron chi connectivity index (χ0n) is 17.5. The fourth-order valence-corrected chi connectivity index (χ4v) is 4.87.